The molecule has 0 atom stereocenters. The van der Waals surface area contributed by atoms with E-state index in [1.807, 2.05) is 6.92 Å². The zero-order valence-corrected chi connectivity index (χ0v) is 8.90. The van der Waals surface area contributed by atoms with Crippen LogP contribution in [-0.4, -0.2) is 25.5 Å². The zero-order chi connectivity index (χ0) is 10.3. The van der Waals surface area contributed by atoms with Crippen molar-refractivity contribution in [2.75, 3.05) is 0 Å². The summed E-state index contributed by atoms with van der Waals surface area (Å²) >= 11 is 4.08. The molecule has 0 saturated heterocycles. The van der Waals surface area contributed by atoms with E-state index in [9.17, 15) is 4.79 Å². The first-order valence-electron chi connectivity index (χ1n) is 3.81. The van der Waals surface area contributed by atoms with E-state index in [4.69, 9.17) is 5.73 Å². The largest absolute Gasteiger partial charge is 0.363 e. The second kappa shape index (κ2) is 3.83. The Morgan fingerprint density at radius 1 is 1.53 bits per heavy atom. The highest BCUT2D eigenvalue weighted by atomic mass is 32.1. The Labute approximate surface area is 90.7 Å². The number of carbonyl (C=O) groups is 1. The smallest absolute Gasteiger partial charge is 0.288 e. The topological polar surface area (TPSA) is 121 Å². The Morgan fingerprint density at radius 3 is 2.80 bits per heavy atom. The molecule has 80 valence electrons. The summed E-state index contributed by atoms with van der Waals surface area (Å²) in [6.07, 6.45) is 0. The third kappa shape index (κ3) is 1.90. The lowest BCUT2D eigenvalue weighted by Crippen LogP contribution is -2.13. The van der Waals surface area contributed by atoms with Gasteiger partial charge in [0.2, 0.25) is 5.82 Å². The summed E-state index contributed by atoms with van der Waals surface area (Å²) in [4.78, 5) is 18.6. The third-order valence-electron chi connectivity index (χ3n) is 1.70. The molecule has 0 bridgehead atoms. The molecule has 0 aliphatic carbocycles. The van der Waals surface area contributed by atoms with Crippen LogP contribution in [-0.2, 0) is 0 Å². The van der Waals surface area contributed by atoms with Crippen molar-refractivity contribution in [3.8, 4) is 0 Å². The first kappa shape index (κ1) is 11.4. The average Bonchev–Trinajstić information content (AvgIpc) is 2.47. The third-order valence-corrected chi connectivity index (χ3v) is 1.93. The van der Waals surface area contributed by atoms with E-state index in [-0.39, 0.29) is 12.0 Å². The number of primary amides is 1. The number of nitrogens with zero attached hydrogens (tertiary/aromatic N) is 4. The number of hydrogen-bond acceptors (Lipinski definition) is 6. The molecule has 0 unspecified atom stereocenters. The maximum Gasteiger partial charge on any atom is 0.288 e. The fraction of sp³-hybridized carbons (Fsp3) is 0.143. The summed E-state index contributed by atoms with van der Waals surface area (Å²) in [6.45, 7) is 1.81. The lowest BCUT2D eigenvalue weighted by Gasteiger charge is -1.96. The molecular formula is C7H10N6OS. The maximum atomic E-state index is 10.8. The zero-order valence-electron chi connectivity index (χ0n) is 8.01. The quantitative estimate of drug-likeness (QED) is 0.466. The second-order valence-corrected chi connectivity index (χ2v) is 3.23. The average molecular weight is 226 g/mol. The van der Waals surface area contributed by atoms with Crippen LogP contribution < -0.4 is 11.9 Å². The normalized spacial score (nSPS) is 10.0. The molecule has 2 heterocycles. The molecule has 7 nitrogen and oxygen atoms in total. The van der Waals surface area contributed by atoms with Gasteiger partial charge in [0.1, 0.15) is 0 Å². The highest BCUT2D eigenvalue weighted by molar-refractivity contribution is 7.80. The van der Waals surface area contributed by atoms with Gasteiger partial charge < -0.3 is 11.9 Å². The summed E-state index contributed by atoms with van der Waals surface area (Å²) in [5.41, 5.74) is 5.83. The molecule has 0 saturated carbocycles. The van der Waals surface area contributed by atoms with E-state index in [0.717, 1.165) is 5.69 Å². The van der Waals surface area contributed by atoms with Crippen LogP contribution in [0.4, 0.5) is 0 Å². The maximum absolute atomic E-state index is 10.8. The molecule has 1 amide bonds. The van der Waals surface area contributed by atoms with Crippen LogP contribution in [0.25, 0.3) is 5.78 Å². The molecule has 0 spiro atoms. The highest BCUT2D eigenvalue weighted by Crippen LogP contribution is 2.08. The Hall–Kier alpha value is -1.67. The van der Waals surface area contributed by atoms with Gasteiger partial charge in [-0.1, -0.05) is 0 Å². The first-order chi connectivity index (χ1) is 6.58. The SMILES string of the molecule is Cc1cc(S)nc2nc(C(N)=O)nn12.N. The minimum Gasteiger partial charge on any atom is -0.363 e. The van der Waals surface area contributed by atoms with Gasteiger partial charge in [0.15, 0.2) is 0 Å². The van der Waals surface area contributed by atoms with E-state index < -0.39 is 5.91 Å². The van der Waals surface area contributed by atoms with Crippen LogP contribution >= 0.6 is 12.6 Å². The fourth-order valence-corrected chi connectivity index (χ4v) is 1.38. The van der Waals surface area contributed by atoms with Crippen LogP contribution in [0, 0.1) is 6.92 Å². The number of fused-ring (bicyclic) bond motifs is 1. The predicted molar refractivity (Wildman–Crippen MR) is 56.3 cm³/mol. The molecule has 0 fully saturated rings. The molecule has 5 N–H and O–H groups in total. The summed E-state index contributed by atoms with van der Waals surface area (Å²) in [5, 5.41) is 4.41. The van der Waals surface area contributed by atoms with Crippen molar-refractivity contribution < 1.29 is 4.79 Å². The molecule has 0 aliphatic rings. The van der Waals surface area contributed by atoms with E-state index in [1.165, 1.54) is 4.52 Å². The molecule has 0 aromatic carbocycles. The summed E-state index contributed by atoms with van der Waals surface area (Å²) < 4.78 is 1.44. The number of aryl methyl sites for hydroxylation is 1. The number of hydrogen-bond donors (Lipinski definition) is 3. The number of rotatable bonds is 1. The molecule has 15 heavy (non-hydrogen) atoms. The first-order valence-corrected chi connectivity index (χ1v) is 4.26. The van der Waals surface area contributed by atoms with Gasteiger partial charge in [-0.3, -0.25) is 4.79 Å². The minimum atomic E-state index is -0.671. The van der Waals surface area contributed by atoms with Gasteiger partial charge in [-0.25, -0.2) is 9.50 Å². The Morgan fingerprint density at radius 2 is 2.20 bits per heavy atom. The van der Waals surface area contributed by atoms with Crippen LogP contribution in [0.2, 0.25) is 0 Å². The van der Waals surface area contributed by atoms with Gasteiger partial charge >= 0.3 is 0 Å². The molecule has 8 heteroatoms. The molecule has 0 aliphatic heterocycles. The van der Waals surface area contributed by atoms with Crippen molar-refractivity contribution in [2.24, 2.45) is 5.73 Å². The standard InChI is InChI=1S/C7H7N5OS.H3N/c1-3-2-4(14)9-7-10-6(5(8)13)11-12(3)7;/h2H,1H3,(H2,8,13)(H,9,10,11,14);1H3. The molecule has 2 aromatic heterocycles. The number of nitrogens with two attached hydrogens (primary N) is 1. The van der Waals surface area contributed by atoms with Gasteiger partial charge in [-0.05, 0) is 13.0 Å². The summed E-state index contributed by atoms with van der Waals surface area (Å²) in [6, 6.07) is 1.72. The van der Waals surface area contributed by atoms with Crippen LogP contribution in [0.15, 0.2) is 11.1 Å². The summed E-state index contributed by atoms with van der Waals surface area (Å²) in [7, 11) is 0. The van der Waals surface area contributed by atoms with E-state index >= 15 is 0 Å². The molecule has 2 rings (SSSR count). The van der Waals surface area contributed by atoms with E-state index in [0.29, 0.717) is 10.8 Å². The monoisotopic (exact) mass is 226 g/mol. The van der Waals surface area contributed by atoms with E-state index in [1.54, 1.807) is 6.07 Å². The molecule has 0 radical (unpaired) electrons. The lowest BCUT2D eigenvalue weighted by molar-refractivity contribution is 0.0990. The second-order valence-electron chi connectivity index (χ2n) is 2.77. The summed E-state index contributed by atoms with van der Waals surface area (Å²) in [5.74, 6) is -0.390. The minimum absolute atomic E-state index is 0. The van der Waals surface area contributed by atoms with Gasteiger partial charge in [0.05, 0.1) is 5.03 Å². The van der Waals surface area contributed by atoms with Crippen LogP contribution in [0.1, 0.15) is 16.3 Å². The van der Waals surface area contributed by atoms with Gasteiger partial charge in [0, 0.05) is 5.69 Å². The van der Waals surface area contributed by atoms with Crippen LogP contribution in [0.3, 0.4) is 0 Å². The van der Waals surface area contributed by atoms with Crippen molar-refractivity contribution in [2.45, 2.75) is 11.9 Å². The Balaban J connectivity index is 0.00000112. The van der Waals surface area contributed by atoms with Gasteiger partial charge in [0.25, 0.3) is 11.7 Å². The Bertz CT molecular complexity index is 521. The van der Waals surface area contributed by atoms with E-state index in [2.05, 4.69) is 27.7 Å². The van der Waals surface area contributed by atoms with Gasteiger partial charge in [-0.15, -0.1) is 17.7 Å². The number of aromatic nitrogens is 4. The van der Waals surface area contributed by atoms with Gasteiger partial charge in [-0.2, -0.15) is 4.98 Å². The van der Waals surface area contributed by atoms with Crippen molar-refractivity contribution in [3.63, 3.8) is 0 Å². The lowest BCUT2D eigenvalue weighted by atomic mass is 10.5. The van der Waals surface area contributed by atoms with Crippen molar-refractivity contribution >= 4 is 24.3 Å². The van der Waals surface area contributed by atoms with Crippen LogP contribution in [0.5, 0.6) is 0 Å². The molecular weight excluding hydrogens is 216 g/mol. The molecule has 2 aromatic rings. The van der Waals surface area contributed by atoms with Crippen molar-refractivity contribution in [1.29, 1.82) is 0 Å². The number of carbonyl (C=O) groups excluding carboxylic acids is 1. The predicted octanol–water partition coefficient (Wildman–Crippen LogP) is -0.0177. The number of amides is 1. The number of thiol groups is 1. The highest BCUT2D eigenvalue weighted by Gasteiger charge is 2.11. The van der Waals surface area contributed by atoms with Crippen molar-refractivity contribution in [3.05, 3.63) is 17.6 Å². The fourth-order valence-electron chi connectivity index (χ4n) is 1.10. The Kier molecular flexibility index (Phi) is 2.91. The van der Waals surface area contributed by atoms with Crippen molar-refractivity contribution in [1.82, 2.24) is 25.7 Å².